The molecule has 2 N–H and O–H groups in total. The molecule has 0 atom stereocenters. The Morgan fingerprint density at radius 1 is 1.35 bits per heavy atom. The second-order valence-electron chi connectivity index (χ2n) is 4.15. The number of benzene rings is 1. The SMILES string of the molecule is O=C(O)CCNCc1csc(COc2ccccc2)n1. The molecule has 5 nitrogen and oxygen atoms in total. The number of nitrogens with zero attached hydrogens (tertiary/aromatic N) is 1. The predicted octanol–water partition coefficient (Wildman–Crippen LogP) is 2.29. The number of hydrogen-bond acceptors (Lipinski definition) is 5. The van der Waals surface area contributed by atoms with Gasteiger partial charge in [0.05, 0.1) is 12.1 Å². The van der Waals surface area contributed by atoms with Gasteiger partial charge in [-0.05, 0) is 12.1 Å². The molecule has 0 saturated heterocycles. The van der Waals surface area contributed by atoms with Gasteiger partial charge in [0.15, 0.2) is 0 Å². The highest BCUT2D eigenvalue weighted by molar-refractivity contribution is 7.09. The van der Waals surface area contributed by atoms with Crippen molar-refractivity contribution in [1.29, 1.82) is 0 Å². The fourth-order valence-electron chi connectivity index (χ4n) is 1.57. The van der Waals surface area contributed by atoms with Gasteiger partial charge in [0.25, 0.3) is 0 Å². The van der Waals surface area contributed by atoms with Gasteiger partial charge in [0.2, 0.25) is 0 Å². The highest BCUT2D eigenvalue weighted by Crippen LogP contribution is 2.14. The molecule has 20 heavy (non-hydrogen) atoms. The van der Waals surface area contributed by atoms with Crippen LogP contribution < -0.4 is 10.1 Å². The molecule has 0 unspecified atom stereocenters. The Balaban J connectivity index is 1.73. The topological polar surface area (TPSA) is 71.5 Å². The van der Waals surface area contributed by atoms with E-state index in [-0.39, 0.29) is 6.42 Å². The Hall–Kier alpha value is -1.92. The zero-order valence-electron chi connectivity index (χ0n) is 10.9. The highest BCUT2D eigenvalue weighted by Gasteiger charge is 2.03. The summed E-state index contributed by atoms with van der Waals surface area (Å²) < 4.78 is 5.61. The summed E-state index contributed by atoms with van der Waals surface area (Å²) >= 11 is 1.54. The average Bonchev–Trinajstić information content (AvgIpc) is 2.90. The molecule has 1 aromatic heterocycles. The third kappa shape index (κ3) is 4.99. The van der Waals surface area contributed by atoms with E-state index in [4.69, 9.17) is 9.84 Å². The maximum Gasteiger partial charge on any atom is 0.304 e. The van der Waals surface area contributed by atoms with Crippen LogP contribution in [-0.4, -0.2) is 22.6 Å². The molecule has 0 amide bonds. The van der Waals surface area contributed by atoms with Crippen molar-refractivity contribution >= 4 is 17.3 Å². The molecule has 0 saturated carbocycles. The minimum absolute atomic E-state index is 0.119. The van der Waals surface area contributed by atoms with E-state index < -0.39 is 5.97 Å². The lowest BCUT2D eigenvalue weighted by molar-refractivity contribution is -0.136. The van der Waals surface area contributed by atoms with Gasteiger partial charge >= 0.3 is 5.97 Å². The van der Waals surface area contributed by atoms with Crippen LogP contribution >= 0.6 is 11.3 Å². The van der Waals surface area contributed by atoms with Crippen LogP contribution in [0.25, 0.3) is 0 Å². The zero-order chi connectivity index (χ0) is 14.2. The molecular weight excluding hydrogens is 276 g/mol. The van der Waals surface area contributed by atoms with E-state index in [0.717, 1.165) is 16.5 Å². The van der Waals surface area contributed by atoms with Gasteiger partial charge in [-0.2, -0.15) is 0 Å². The number of aromatic nitrogens is 1. The number of para-hydroxylation sites is 1. The average molecular weight is 292 g/mol. The second kappa shape index (κ2) is 7.62. The molecule has 106 valence electrons. The lowest BCUT2D eigenvalue weighted by Crippen LogP contribution is -2.17. The fourth-order valence-corrected chi connectivity index (χ4v) is 2.28. The smallest absolute Gasteiger partial charge is 0.304 e. The lowest BCUT2D eigenvalue weighted by Gasteiger charge is -2.02. The van der Waals surface area contributed by atoms with Crippen LogP contribution in [0.5, 0.6) is 5.75 Å². The molecule has 0 fully saturated rings. The highest BCUT2D eigenvalue weighted by atomic mass is 32.1. The maximum absolute atomic E-state index is 10.4. The van der Waals surface area contributed by atoms with Gasteiger partial charge in [-0.25, -0.2) is 4.98 Å². The Labute approximate surface area is 121 Å². The van der Waals surface area contributed by atoms with Crippen LogP contribution in [0.3, 0.4) is 0 Å². The van der Waals surface area contributed by atoms with Gasteiger partial charge < -0.3 is 15.2 Å². The van der Waals surface area contributed by atoms with Crippen molar-refractivity contribution in [2.75, 3.05) is 6.54 Å². The summed E-state index contributed by atoms with van der Waals surface area (Å²) in [7, 11) is 0. The third-order valence-electron chi connectivity index (χ3n) is 2.53. The largest absolute Gasteiger partial charge is 0.486 e. The molecule has 2 rings (SSSR count). The van der Waals surface area contributed by atoms with E-state index in [1.54, 1.807) is 11.3 Å². The van der Waals surface area contributed by atoms with Crippen molar-refractivity contribution in [2.45, 2.75) is 19.6 Å². The molecule has 1 heterocycles. The Morgan fingerprint density at radius 2 is 2.15 bits per heavy atom. The van der Waals surface area contributed by atoms with Crippen molar-refractivity contribution < 1.29 is 14.6 Å². The van der Waals surface area contributed by atoms with Crippen molar-refractivity contribution in [3.8, 4) is 5.75 Å². The second-order valence-corrected chi connectivity index (χ2v) is 5.10. The number of carboxylic acids is 1. The number of hydrogen-bond donors (Lipinski definition) is 2. The first-order valence-electron chi connectivity index (χ1n) is 6.27. The number of aliphatic carboxylic acids is 1. The van der Waals surface area contributed by atoms with Crippen molar-refractivity contribution in [3.63, 3.8) is 0 Å². The fraction of sp³-hybridized carbons (Fsp3) is 0.286. The van der Waals surface area contributed by atoms with Crippen LogP contribution in [0.2, 0.25) is 0 Å². The van der Waals surface area contributed by atoms with Crippen LogP contribution in [0, 0.1) is 0 Å². The molecule has 0 aliphatic rings. The molecule has 0 spiro atoms. The van der Waals surface area contributed by atoms with Gasteiger partial charge in [-0.1, -0.05) is 18.2 Å². The standard InChI is InChI=1S/C14H16N2O3S/c17-14(18)6-7-15-8-11-10-20-13(16-11)9-19-12-4-2-1-3-5-12/h1-5,10,15H,6-9H2,(H,17,18). The first kappa shape index (κ1) is 14.5. The van der Waals surface area contributed by atoms with Crippen LogP contribution in [0.1, 0.15) is 17.1 Å². The molecular formula is C14H16N2O3S. The molecule has 6 heteroatoms. The van der Waals surface area contributed by atoms with Gasteiger partial charge in [-0.3, -0.25) is 4.79 Å². The minimum atomic E-state index is -0.798. The third-order valence-corrected chi connectivity index (χ3v) is 3.40. The maximum atomic E-state index is 10.4. The Bertz CT molecular complexity index is 542. The summed E-state index contributed by atoms with van der Waals surface area (Å²) in [5.41, 5.74) is 0.909. The summed E-state index contributed by atoms with van der Waals surface area (Å²) in [5, 5.41) is 14.4. The summed E-state index contributed by atoms with van der Waals surface area (Å²) in [4.78, 5) is 14.8. The summed E-state index contributed by atoms with van der Waals surface area (Å²) in [6.07, 6.45) is 0.119. The number of rotatable bonds is 8. The van der Waals surface area contributed by atoms with Gasteiger partial charge in [-0.15, -0.1) is 11.3 Å². The molecule has 1 aromatic carbocycles. The number of thiazole rings is 1. The minimum Gasteiger partial charge on any atom is -0.486 e. The quantitative estimate of drug-likeness (QED) is 0.730. The molecule has 2 aromatic rings. The number of nitrogens with one attached hydrogen (secondary N) is 1. The molecule has 0 aliphatic heterocycles. The normalized spacial score (nSPS) is 10.4. The van der Waals surface area contributed by atoms with Crippen LogP contribution in [0.15, 0.2) is 35.7 Å². The van der Waals surface area contributed by atoms with Gasteiger partial charge in [0, 0.05) is 18.5 Å². The summed E-state index contributed by atoms with van der Waals surface area (Å²) in [5.74, 6) is 0.0246. The summed E-state index contributed by atoms with van der Waals surface area (Å²) in [6.45, 7) is 1.47. The Kier molecular flexibility index (Phi) is 5.52. The van der Waals surface area contributed by atoms with E-state index in [9.17, 15) is 4.79 Å². The van der Waals surface area contributed by atoms with Crippen molar-refractivity contribution in [3.05, 3.63) is 46.4 Å². The van der Waals surface area contributed by atoms with Crippen LogP contribution in [0.4, 0.5) is 0 Å². The Morgan fingerprint density at radius 3 is 2.90 bits per heavy atom. The first-order chi connectivity index (χ1) is 9.74. The lowest BCUT2D eigenvalue weighted by atomic mass is 10.3. The van der Waals surface area contributed by atoms with E-state index >= 15 is 0 Å². The monoisotopic (exact) mass is 292 g/mol. The molecule has 0 bridgehead atoms. The van der Waals surface area contributed by atoms with E-state index in [2.05, 4.69) is 10.3 Å². The number of carbonyl (C=O) groups is 1. The van der Waals surface area contributed by atoms with E-state index in [1.165, 1.54) is 0 Å². The number of carboxylic acid groups (broad SMARTS) is 1. The number of ether oxygens (including phenoxy) is 1. The zero-order valence-corrected chi connectivity index (χ0v) is 11.7. The van der Waals surface area contributed by atoms with E-state index in [1.807, 2.05) is 35.7 Å². The van der Waals surface area contributed by atoms with Crippen LogP contribution in [-0.2, 0) is 17.9 Å². The van der Waals surface area contributed by atoms with Crippen molar-refractivity contribution in [2.24, 2.45) is 0 Å². The van der Waals surface area contributed by atoms with E-state index in [0.29, 0.717) is 19.7 Å². The van der Waals surface area contributed by atoms with Crippen molar-refractivity contribution in [1.82, 2.24) is 10.3 Å². The summed E-state index contributed by atoms with van der Waals surface area (Å²) in [6, 6.07) is 9.60. The molecule has 0 radical (unpaired) electrons. The first-order valence-corrected chi connectivity index (χ1v) is 7.15. The van der Waals surface area contributed by atoms with Gasteiger partial charge in [0.1, 0.15) is 17.4 Å². The molecule has 0 aliphatic carbocycles. The predicted molar refractivity (Wildman–Crippen MR) is 76.8 cm³/mol.